The number of hydrogen-bond acceptors (Lipinski definition) is 2. The molecule has 0 aromatic heterocycles. The lowest BCUT2D eigenvalue weighted by atomic mass is 10.0. The summed E-state index contributed by atoms with van der Waals surface area (Å²) in [5, 5.41) is 4.70. The molecule has 2 rings (SSSR count). The van der Waals surface area contributed by atoms with E-state index in [1.165, 1.54) is 0 Å². The maximum atomic E-state index is 11.9. The number of benzene rings is 2. The van der Waals surface area contributed by atoms with Gasteiger partial charge in [-0.1, -0.05) is 30.3 Å². The van der Waals surface area contributed by atoms with E-state index < -0.39 is 0 Å². The van der Waals surface area contributed by atoms with Gasteiger partial charge in [0.05, 0.1) is 5.56 Å². The van der Waals surface area contributed by atoms with Crippen LogP contribution in [0, 0.1) is 0 Å². The van der Waals surface area contributed by atoms with Crippen molar-refractivity contribution in [3.05, 3.63) is 42.0 Å². The van der Waals surface area contributed by atoms with Crippen molar-refractivity contribution >= 4 is 22.4 Å². The van der Waals surface area contributed by atoms with E-state index in [0.29, 0.717) is 17.8 Å². The summed E-state index contributed by atoms with van der Waals surface area (Å²) in [6, 6.07) is 11.4. The molecule has 0 bridgehead atoms. The Morgan fingerprint density at radius 1 is 1.25 bits per heavy atom. The van der Waals surface area contributed by atoms with Gasteiger partial charge >= 0.3 is 0 Å². The highest BCUT2D eigenvalue weighted by molar-refractivity contribution is 6.11. The maximum Gasteiger partial charge on any atom is 0.253 e. The number of nitrogens with one attached hydrogen (secondary N) is 1. The molecule has 3 nitrogen and oxygen atoms in total. The summed E-state index contributed by atoms with van der Waals surface area (Å²) in [6.45, 7) is 2.49. The van der Waals surface area contributed by atoms with Crippen LogP contribution in [0.1, 0.15) is 17.3 Å². The fourth-order valence-electron chi connectivity index (χ4n) is 1.79. The highest BCUT2D eigenvalue weighted by Gasteiger charge is 2.12. The number of hydrogen-bond donors (Lipinski definition) is 2. The Bertz CT molecular complexity index is 534. The predicted molar refractivity (Wildman–Crippen MR) is 66.4 cm³/mol. The molecule has 0 aliphatic carbocycles. The summed E-state index contributed by atoms with van der Waals surface area (Å²) < 4.78 is 0. The van der Waals surface area contributed by atoms with Crippen molar-refractivity contribution in [2.24, 2.45) is 0 Å². The van der Waals surface area contributed by atoms with Crippen molar-refractivity contribution < 1.29 is 4.79 Å². The Kier molecular flexibility index (Phi) is 2.77. The molecule has 0 unspecified atom stereocenters. The summed E-state index contributed by atoms with van der Waals surface area (Å²) in [5.74, 6) is -0.114. The largest absolute Gasteiger partial charge is 0.398 e. The standard InChI is InChI=1S/C13H14N2O/c1-2-15-13(16)12-10-6-4-3-5-9(10)7-8-11(12)14/h3-8H,2,14H2,1H3,(H,15,16). The molecule has 3 N–H and O–H groups in total. The molecular formula is C13H14N2O. The number of carbonyl (C=O) groups excluding carboxylic acids is 1. The molecule has 3 heteroatoms. The number of amides is 1. The quantitative estimate of drug-likeness (QED) is 0.753. The molecule has 0 aliphatic rings. The van der Waals surface area contributed by atoms with Crippen molar-refractivity contribution in [1.29, 1.82) is 0 Å². The molecular weight excluding hydrogens is 200 g/mol. The number of rotatable bonds is 2. The van der Waals surface area contributed by atoms with Gasteiger partial charge in [-0.2, -0.15) is 0 Å². The first kappa shape index (κ1) is 10.5. The minimum atomic E-state index is -0.114. The summed E-state index contributed by atoms with van der Waals surface area (Å²) in [7, 11) is 0. The first-order valence-corrected chi connectivity index (χ1v) is 5.29. The predicted octanol–water partition coefficient (Wildman–Crippen LogP) is 2.17. The minimum Gasteiger partial charge on any atom is -0.398 e. The van der Waals surface area contributed by atoms with E-state index in [9.17, 15) is 4.79 Å². The molecule has 0 radical (unpaired) electrons. The van der Waals surface area contributed by atoms with Crippen LogP contribution in [-0.2, 0) is 0 Å². The van der Waals surface area contributed by atoms with Gasteiger partial charge in [0.1, 0.15) is 0 Å². The molecule has 0 saturated carbocycles. The van der Waals surface area contributed by atoms with Gasteiger partial charge in [-0.05, 0) is 23.8 Å². The SMILES string of the molecule is CCNC(=O)c1c(N)ccc2ccccc12. The fraction of sp³-hybridized carbons (Fsp3) is 0.154. The van der Waals surface area contributed by atoms with Crippen LogP contribution in [0.5, 0.6) is 0 Å². The first-order valence-electron chi connectivity index (χ1n) is 5.29. The van der Waals surface area contributed by atoms with Gasteiger partial charge in [-0.15, -0.1) is 0 Å². The van der Waals surface area contributed by atoms with E-state index in [2.05, 4.69) is 5.32 Å². The Hall–Kier alpha value is -2.03. The smallest absolute Gasteiger partial charge is 0.253 e. The topological polar surface area (TPSA) is 55.1 Å². The summed E-state index contributed by atoms with van der Waals surface area (Å²) in [4.78, 5) is 11.9. The number of fused-ring (bicyclic) bond motifs is 1. The molecule has 0 heterocycles. The van der Waals surface area contributed by atoms with Gasteiger partial charge in [-0.3, -0.25) is 4.79 Å². The van der Waals surface area contributed by atoms with Gasteiger partial charge in [0, 0.05) is 12.2 Å². The third-order valence-electron chi connectivity index (χ3n) is 2.53. The van der Waals surface area contributed by atoms with E-state index in [-0.39, 0.29) is 5.91 Å². The highest BCUT2D eigenvalue weighted by Crippen LogP contribution is 2.23. The number of anilines is 1. The normalized spacial score (nSPS) is 10.3. The second-order valence-electron chi connectivity index (χ2n) is 3.61. The van der Waals surface area contributed by atoms with Gasteiger partial charge < -0.3 is 11.1 Å². The first-order chi connectivity index (χ1) is 7.74. The Morgan fingerprint density at radius 2 is 2.00 bits per heavy atom. The van der Waals surface area contributed by atoms with Gasteiger partial charge in [-0.25, -0.2) is 0 Å². The number of nitrogens with two attached hydrogens (primary N) is 1. The van der Waals surface area contributed by atoms with Crippen LogP contribution in [0.4, 0.5) is 5.69 Å². The molecule has 0 saturated heterocycles. The summed E-state index contributed by atoms with van der Waals surface area (Å²) in [6.07, 6.45) is 0. The van der Waals surface area contributed by atoms with Crippen LogP contribution in [0.15, 0.2) is 36.4 Å². The molecule has 0 aliphatic heterocycles. The average Bonchev–Trinajstić information content (AvgIpc) is 2.29. The van der Waals surface area contributed by atoms with E-state index in [4.69, 9.17) is 5.73 Å². The highest BCUT2D eigenvalue weighted by atomic mass is 16.1. The molecule has 0 atom stereocenters. The molecule has 0 fully saturated rings. The molecule has 16 heavy (non-hydrogen) atoms. The monoisotopic (exact) mass is 214 g/mol. The van der Waals surface area contributed by atoms with Crippen molar-refractivity contribution in [3.8, 4) is 0 Å². The Balaban J connectivity index is 2.66. The van der Waals surface area contributed by atoms with E-state index in [0.717, 1.165) is 10.8 Å². The van der Waals surface area contributed by atoms with Crippen LogP contribution >= 0.6 is 0 Å². The zero-order valence-electron chi connectivity index (χ0n) is 9.16. The molecule has 82 valence electrons. The summed E-state index contributed by atoms with van der Waals surface area (Å²) in [5.41, 5.74) is 6.94. The van der Waals surface area contributed by atoms with Crippen LogP contribution < -0.4 is 11.1 Å². The zero-order valence-corrected chi connectivity index (χ0v) is 9.16. The lowest BCUT2D eigenvalue weighted by molar-refractivity contribution is 0.0958. The van der Waals surface area contributed by atoms with Gasteiger partial charge in [0.2, 0.25) is 0 Å². The van der Waals surface area contributed by atoms with Gasteiger partial charge in [0.25, 0.3) is 5.91 Å². The van der Waals surface area contributed by atoms with E-state index in [1.807, 2.05) is 37.3 Å². The van der Waals surface area contributed by atoms with Crippen molar-refractivity contribution in [2.75, 3.05) is 12.3 Å². The third-order valence-corrected chi connectivity index (χ3v) is 2.53. The molecule has 2 aromatic carbocycles. The van der Waals surface area contributed by atoms with Crippen molar-refractivity contribution in [1.82, 2.24) is 5.32 Å². The lowest BCUT2D eigenvalue weighted by Crippen LogP contribution is -2.24. The zero-order chi connectivity index (χ0) is 11.5. The van der Waals surface area contributed by atoms with Gasteiger partial charge in [0.15, 0.2) is 0 Å². The average molecular weight is 214 g/mol. The van der Waals surface area contributed by atoms with E-state index in [1.54, 1.807) is 6.07 Å². The molecule has 0 spiro atoms. The number of carbonyl (C=O) groups is 1. The van der Waals surface area contributed by atoms with Crippen molar-refractivity contribution in [3.63, 3.8) is 0 Å². The fourth-order valence-corrected chi connectivity index (χ4v) is 1.79. The number of nitrogen functional groups attached to an aromatic ring is 1. The van der Waals surface area contributed by atoms with Crippen LogP contribution in [-0.4, -0.2) is 12.5 Å². The Morgan fingerprint density at radius 3 is 2.75 bits per heavy atom. The molecule has 2 aromatic rings. The van der Waals surface area contributed by atoms with Crippen LogP contribution in [0.3, 0.4) is 0 Å². The Labute approximate surface area is 94.3 Å². The minimum absolute atomic E-state index is 0.114. The third kappa shape index (κ3) is 1.72. The second-order valence-corrected chi connectivity index (χ2v) is 3.61. The van der Waals surface area contributed by atoms with Crippen molar-refractivity contribution in [2.45, 2.75) is 6.92 Å². The maximum absolute atomic E-state index is 11.9. The van der Waals surface area contributed by atoms with E-state index >= 15 is 0 Å². The summed E-state index contributed by atoms with van der Waals surface area (Å²) >= 11 is 0. The van der Waals surface area contributed by atoms with Crippen LogP contribution in [0.2, 0.25) is 0 Å². The second kappa shape index (κ2) is 4.23. The van der Waals surface area contributed by atoms with Crippen LogP contribution in [0.25, 0.3) is 10.8 Å². The lowest BCUT2D eigenvalue weighted by Gasteiger charge is -2.09. The molecule has 1 amide bonds.